The molecular formula is C17H23FO4. The van der Waals surface area contributed by atoms with Crippen LogP contribution in [0.5, 0.6) is 0 Å². The van der Waals surface area contributed by atoms with Crippen molar-refractivity contribution in [2.75, 3.05) is 13.2 Å². The molecule has 0 atom stereocenters. The maximum Gasteiger partial charge on any atom is 0.305 e. The van der Waals surface area contributed by atoms with Crippen molar-refractivity contribution in [3.05, 3.63) is 35.6 Å². The number of unbranched alkanes of at least 4 members (excludes halogenated alkanes) is 1. The molecule has 0 heterocycles. The molecule has 122 valence electrons. The predicted molar refractivity (Wildman–Crippen MR) is 80.8 cm³/mol. The SMILES string of the molecule is CCCCOC(=O)CCCC(=O)OCCc1ccc(F)cc1. The highest BCUT2D eigenvalue weighted by Crippen LogP contribution is 2.05. The van der Waals surface area contributed by atoms with Gasteiger partial charge < -0.3 is 9.47 Å². The average Bonchev–Trinajstić information content (AvgIpc) is 2.49. The summed E-state index contributed by atoms with van der Waals surface area (Å²) >= 11 is 0. The summed E-state index contributed by atoms with van der Waals surface area (Å²) in [7, 11) is 0. The van der Waals surface area contributed by atoms with Crippen LogP contribution in [0.1, 0.15) is 44.6 Å². The summed E-state index contributed by atoms with van der Waals surface area (Å²) < 4.78 is 22.8. The van der Waals surface area contributed by atoms with Crippen molar-refractivity contribution < 1.29 is 23.5 Å². The van der Waals surface area contributed by atoms with Gasteiger partial charge in [-0.15, -0.1) is 0 Å². The van der Waals surface area contributed by atoms with Gasteiger partial charge in [0.25, 0.3) is 0 Å². The Balaban J connectivity index is 2.06. The minimum absolute atomic E-state index is 0.201. The Morgan fingerprint density at radius 1 is 0.955 bits per heavy atom. The monoisotopic (exact) mass is 310 g/mol. The van der Waals surface area contributed by atoms with Crippen LogP contribution in [0.25, 0.3) is 0 Å². The van der Waals surface area contributed by atoms with E-state index >= 15 is 0 Å². The summed E-state index contributed by atoms with van der Waals surface area (Å²) in [5.74, 6) is -0.886. The van der Waals surface area contributed by atoms with Gasteiger partial charge in [0.2, 0.25) is 0 Å². The summed E-state index contributed by atoms with van der Waals surface area (Å²) in [6.07, 6.45) is 3.25. The van der Waals surface area contributed by atoms with Gasteiger partial charge in [-0.2, -0.15) is 0 Å². The molecule has 0 aliphatic rings. The number of halogens is 1. The number of carbonyl (C=O) groups is 2. The zero-order chi connectivity index (χ0) is 16.2. The lowest BCUT2D eigenvalue weighted by Gasteiger charge is -2.06. The van der Waals surface area contributed by atoms with Crippen LogP contribution in [-0.2, 0) is 25.5 Å². The van der Waals surface area contributed by atoms with Gasteiger partial charge in [0.15, 0.2) is 0 Å². The van der Waals surface area contributed by atoms with E-state index in [4.69, 9.17) is 9.47 Å². The molecule has 0 saturated heterocycles. The van der Waals surface area contributed by atoms with E-state index < -0.39 is 0 Å². The Kier molecular flexibility index (Phi) is 8.88. The zero-order valence-electron chi connectivity index (χ0n) is 13.0. The average molecular weight is 310 g/mol. The number of carbonyl (C=O) groups excluding carboxylic acids is 2. The third kappa shape index (κ3) is 8.39. The first-order valence-electron chi connectivity index (χ1n) is 7.67. The molecule has 0 aliphatic carbocycles. The van der Waals surface area contributed by atoms with E-state index in [1.165, 1.54) is 12.1 Å². The summed E-state index contributed by atoms with van der Waals surface area (Å²) in [4.78, 5) is 22.8. The quantitative estimate of drug-likeness (QED) is 0.491. The van der Waals surface area contributed by atoms with Gasteiger partial charge in [-0.05, 0) is 30.5 Å². The van der Waals surface area contributed by atoms with Crippen LogP contribution in [0.15, 0.2) is 24.3 Å². The smallest absolute Gasteiger partial charge is 0.305 e. The Bertz CT molecular complexity index is 456. The Morgan fingerprint density at radius 3 is 2.14 bits per heavy atom. The van der Waals surface area contributed by atoms with E-state index in [9.17, 15) is 14.0 Å². The van der Waals surface area contributed by atoms with Gasteiger partial charge >= 0.3 is 11.9 Å². The van der Waals surface area contributed by atoms with Crippen LogP contribution in [-0.4, -0.2) is 25.2 Å². The number of rotatable bonds is 10. The lowest BCUT2D eigenvalue weighted by Crippen LogP contribution is -2.10. The van der Waals surface area contributed by atoms with Crippen LogP contribution in [0, 0.1) is 5.82 Å². The van der Waals surface area contributed by atoms with Gasteiger partial charge in [0.05, 0.1) is 13.2 Å². The van der Waals surface area contributed by atoms with Crippen molar-refractivity contribution >= 4 is 11.9 Å². The van der Waals surface area contributed by atoms with Crippen LogP contribution in [0.3, 0.4) is 0 Å². The zero-order valence-corrected chi connectivity index (χ0v) is 13.0. The molecule has 0 unspecified atom stereocenters. The fraction of sp³-hybridized carbons (Fsp3) is 0.529. The lowest BCUT2D eigenvalue weighted by atomic mass is 10.2. The topological polar surface area (TPSA) is 52.6 Å². The highest BCUT2D eigenvalue weighted by atomic mass is 19.1. The second kappa shape index (κ2) is 10.8. The fourth-order valence-electron chi connectivity index (χ4n) is 1.79. The summed E-state index contributed by atoms with van der Waals surface area (Å²) in [6.45, 7) is 2.72. The van der Waals surface area contributed by atoms with Crippen molar-refractivity contribution in [3.63, 3.8) is 0 Å². The standard InChI is InChI=1S/C17H23FO4/c1-2-3-12-21-16(19)5-4-6-17(20)22-13-11-14-7-9-15(18)10-8-14/h7-10H,2-6,11-13H2,1H3. The van der Waals surface area contributed by atoms with Gasteiger partial charge in [-0.25, -0.2) is 4.39 Å². The molecule has 1 aromatic rings. The highest BCUT2D eigenvalue weighted by molar-refractivity contribution is 5.72. The highest BCUT2D eigenvalue weighted by Gasteiger charge is 2.07. The summed E-state index contributed by atoms with van der Waals surface area (Å²) in [5.41, 5.74) is 0.911. The minimum atomic E-state index is -0.330. The molecule has 0 fully saturated rings. The van der Waals surface area contributed by atoms with E-state index in [1.54, 1.807) is 12.1 Å². The normalized spacial score (nSPS) is 10.3. The van der Waals surface area contributed by atoms with Crippen LogP contribution < -0.4 is 0 Å². The Hall–Kier alpha value is -1.91. The minimum Gasteiger partial charge on any atom is -0.466 e. The molecule has 0 aromatic heterocycles. The van der Waals surface area contributed by atoms with Gasteiger partial charge in [-0.3, -0.25) is 9.59 Å². The predicted octanol–water partition coefficient (Wildman–Crippen LogP) is 3.43. The second-order valence-electron chi connectivity index (χ2n) is 5.02. The molecule has 22 heavy (non-hydrogen) atoms. The van der Waals surface area contributed by atoms with Gasteiger partial charge in [0.1, 0.15) is 5.82 Å². The van der Waals surface area contributed by atoms with E-state index in [2.05, 4.69) is 0 Å². The van der Waals surface area contributed by atoms with E-state index in [1.807, 2.05) is 6.92 Å². The third-order valence-corrected chi connectivity index (χ3v) is 3.09. The number of esters is 2. The van der Waals surface area contributed by atoms with E-state index in [0.717, 1.165) is 18.4 Å². The van der Waals surface area contributed by atoms with Crippen molar-refractivity contribution in [1.82, 2.24) is 0 Å². The number of benzene rings is 1. The van der Waals surface area contributed by atoms with E-state index in [0.29, 0.717) is 19.4 Å². The molecule has 0 amide bonds. The lowest BCUT2D eigenvalue weighted by molar-refractivity contribution is -0.145. The molecule has 5 heteroatoms. The number of hydrogen-bond donors (Lipinski definition) is 0. The van der Waals surface area contributed by atoms with Crippen molar-refractivity contribution in [2.45, 2.75) is 45.4 Å². The number of hydrogen-bond acceptors (Lipinski definition) is 4. The molecule has 0 N–H and O–H groups in total. The molecule has 4 nitrogen and oxygen atoms in total. The molecule has 0 radical (unpaired) electrons. The van der Waals surface area contributed by atoms with Gasteiger partial charge in [-0.1, -0.05) is 25.5 Å². The maximum atomic E-state index is 12.7. The molecule has 0 spiro atoms. The first kappa shape index (κ1) is 18.1. The Labute approximate surface area is 130 Å². The number of ether oxygens (including phenoxy) is 2. The van der Waals surface area contributed by atoms with E-state index in [-0.39, 0.29) is 37.2 Å². The molecule has 1 rings (SSSR count). The van der Waals surface area contributed by atoms with Crippen LogP contribution in [0.4, 0.5) is 4.39 Å². The van der Waals surface area contributed by atoms with Gasteiger partial charge in [0, 0.05) is 19.3 Å². The molecular weight excluding hydrogens is 287 g/mol. The fourth-order valence-corrected chi connectivity index (χ4v) is 1.79. The summed E-state index contributed by atoms with van der Waals surface area (Å²) in [5, 5.41) is 0. The third-order valence-electron chi connectivity index (χ3n) is 3.09. The molecule has 0 bridgehead atoms. The first-order valence-corrected chi connectivity index (χ1v) is 7.67. The second-order valence-corrected chi connectivity index (χ2v) is 5.02. The first-order chi connectivity index (χ1) is 10.6. The summed E-state index contributed by atoms with van der Waals surface area (Å²) in [6, 6.07) is 6.08. The van der Waals surface area contributed by atoms with Crippen LogP contribution >= 0.6 is 0 Å². The molecule has 0 aliphatic heterocycles. The largest absolute Gasteiger partial charge is 0.466 e. The molecule has 0 saturated carbocycles. The van der Waals surface area contributed by atoms with Crippen molar-refractivity contribution in [3.8, 4) is 0 Å². The van der Waals surface area contributed by atoms with Crippen molar-refractivity contribution in [2.24, 2.45) is 0 Å². The maximum absolute atomic E-state index is 12.7. The molecule has 1 aromatic carbocycles. The van der Waals surface area contributed by atoms with Crippen LogP contribution in [0.2, 0.25) is 0 Å². The Morgan fingerprint density at radius 2 is 1.55 bits per heavy atom. The van der Waals surface area contributed by atoms with Crippen molar-refractivity contribution in [1.29, 1.82) is 0 Å².